The van der Waals surface area contributed by atoms with Gasteiger partial charge >= 0.3 is 0 Å². The minimum Gasteiger partial charge on any atom is -0.485 e. The highest BCUT2D eigenvalue weighted by molar-refractivity contribution is 5.96. The second-order valence-corrected chi connectivity index (χ2v) is 7.62. The second kappa shape index (κ2) is 9.63. The lowest BCUT2D eigenvalue weighted by Gasteiger charge is -2.35. The van der Waals surface area contributed by atoms with Crippen LogP contribution < -0.4 is 15.4 Å². The summed E-state index contributed by atoms with van der Waals surface area (Å²) in [4.78, 5) is 33.8. The molecule has 2 aromatic heterocycles. The van der Waals surface area contributed by atoms with E-state index in [1.165, 1.54) is 29.3 Å². The SMILES string of the molecule is NC(=O)c1cc(-c2cn[nH]c2)ncc1O[C@H]1CCN(C(=O)Cc2ccc(OF)cc2)C[C@@H]1F. The minimum absolute atomic E-state index is 0.0376. The van der Waals surface area contributed by atoms with E-state index < -0.39 is 18.2 Å². The molecule has 1 aromatic carbocycles. The molecule has 9 nitrogen and oxygen atoms in total. The number of ether oxygens (including phenoxy) is 1. The molecule has 3 N–H and O–H groups in total. The summed E-state index contributed by atoms with van der Waals surface area (Å²) >= 11 is 0. The zero-order chi connectivity index (χ0) is 23.4. The lowest BCUT2D eigenvalue weighted by molar-refractivity contribution is -0.134. The number of hydrogen-bond donors (Lipinski definition) is 2. The average molecular weight is 457 g/mol. The van der Waals surface area contributed by atoms with Crippen molar-refractivity contribution in [3.05, 3.63) is 60.0 Å². The van der Waals surface area contributed by atoms with Crippen LogP contribution in [0.3, 0.4) is 0 Å². The number of nitrogens with zero attached hydrogens (tertiary/aromatic N) is 3. The number of hydrogen-bond acceptors (Lipinski definition) is 6. The Balaban J connectivity index is 1.39. The third-order valence-electron chi connectivity index (χ3n) is 5.41. The summed E-state index contributed by atoms with van der Waals surface area (Å²) in [5.74, 6) is -0.869. The van der Waals surface area contributed by atoms with Gasteiger partial charge in [-0.2, -0.15) is 5.10 Å². The molecule has 2 amide bonds. The number of nitrogens with two attached hydrogens (primary N) is 1. The molecule has 172 valence electrons. The Morgan fingerprint density at radius 3 is 2.67 bits per heavy atom. The normalized spacial score (nSPS) is 18.1. The van der Waals surface area contributed by atoms with Gasteiger partial charge in [0.1, 0.15) is 6.10 Å². The number of aromatic nitrogens is 3. The van der Waals surface area contributed by atoms with Crippen LogP contribution in [-0.2, 0) is 11.2 Å². The number of aromatic amines is 1. The first-order valence-electron chi connectivity index (χ1n) is 10.2. The summed E-state index contributed by atoms with van der Waals surface area (Å²) in [6.45, 7) is 0.129. The van der Waals surface area contributed by atoms with Crippen LogP contribution >= 0.6 is 0 Å². The van der Waals surface area contributed by atoms with Crippen molar-refractivity contribution >= 4 is 11.8 Å². The Bertz CT molecular complexity index is 1120. The second-order valence-electron chi connectivity index (χ2n) is 7.62. The molecular formula is C22H21F2N5O4. The Kier molecular flexibility index (Phi) is 6.48. The maximum Gasteiger partial charge on any atom is 0.252 e. The van der Waals surface area contributed by atoms with Crippen LogP contribution in [-0.4, -0.2) is 57.3 Å². The molecule has 0 bridgehead atoms. The van der Waals surface area contributed by atoms with Gasteiger partial charge in [-0.25, -0.2) is 4.39 Å². The van der Waals surface area contributed by atoms with Crippen molar-refractivity contribution in [1.29, 1.82) is 0 Å². The number of carbonyl (C=O) groups is 2. The van der Waals surface area contributed by atoms with E-state index >= 15 is 0 Å². The van der Waals surface area contributed by atoms with Gasteiger partial charge < -0.3 is 15.4 Å². The molecule has 0 aliphatic carbocycles. The number of H-pyrrole nitrogens is 1. The number of primary amides is 1. The molecule has 1 saturated heterocycles. The predicted molar refractivity (Wildman–Crippen MR) is 113 cm³/mol. The van der Waals surface area contributed by atoms with Crippen LogP contribution in [0.4, 0.5) is 8.92 Å². The number of piperidine rings is 1. The molecule has 1 aliphatic rings. The molecule has 33 heavy (non-hydrogen) atoms. The number of benzene rings is 1. The Labute approximate surface area is 187 Å². The maximum atomic E-state index is 14.9. The lowest BCUT2D eigenvalue weighted by Crippen LogP contribution is -2.49. The quantitative estimate of drug-likeness (QED) is 0.562. The highest BCUT2D eigenvalue weighted by atomic mass is 19.3. The predicted octanol–water partition coefficient (Wildman–Crippen LogP) is 2.39. The number of nitrogens with one attached hydrogen (secondary N) is 1. The summed E-state index contributed by atoms with van der Waals surface area (Å²) in [6.07, 6.45) is 2.42. The Morgan fingerprint density at radius 2 is 2.03 bits per heavy atom. The van der Waals surface area contributed by atoms with Crippen molar-refractivity contribution < 1.29 is 28.2 Å². The van der Waals surface area contributed by atoms with Crippen LogP contribution in [0.1, 0.15) is 22.3 Å². The van der Waals surface area contributed by atoms with Gasteiger partial charge in [0, 0.05) is 29.3 Å². The highest BCUT2D eigenvalue weighted by Gasteiger charge is 2.33. The number of pyridine rings is 1. The first-order valence-corrected chi connectivity index (χ1v) is 10.2. The summed E-state index contributed by atoms with van der Waals surface area (Å²) < 4.78 is 32.8. The maximum absolute atomic E-state index is 14.9. The monoisotopic (exact) mass is 457 g/mol. The standard InChI is InChI=1S/C22H21F2N5O4/c23-17-12-29(21(30)7-13-1-3-15(33-24)4-2-13)6-5-19(17)32-20-11-26-18(8-16(20)22(25)31)14-9-27-28-10-14/h1-4,8-11,17,19H,5-7,12H2,(H2,25,31)(H,27,28)/t17-,19-/m0/s1. The third kappa shape index (κ3) is 5.08. The molecule has 4 rings (SSSR count). The van der Waals surface area contributed by atoms with Gasteiger partial charge in [-0.1, -0.05) is 12.1 Å². The van der Waals surface area contributed by atoms with Gasteiger partial charge in [0.2, 0.25) is 5.91 Å². The van der Waals surface area contributed by atoms with E-state index in [1.54, 1.807) is 24.5 Å². The van der Waals surface area contributed by atoms with Crippen molar-refractivity contribution in [3.8, 4) is 22.8 Å². The summed E-state index contributed by atoms with van der Waals surface area (Å²) in [5.41, 5.74) is 7.34. The smallest absolute Gasteiger partial charge is 0.252 e. The van der Waals surface area contributed by atoms with Crippen molar-refractivity contribution in [2.45, 2.75) is 25.1 Å². The van der Waals surface area contributed by atoms with E-state index in [9.17, 15) is 18.5 Å². The molecular weight excluding hydrogens is 436 g/mol. The fourth-order valence-corrected chi connectivity index (χ4v) is 3.63. The molecule has 0 unspecified atom stereocenters. The molecule has 0 radical (unpaired) electrons. The average Bonchev–Trinajstić information content (AvgIpc) is 3.36. The lowest BCUT2D eigenvalue weighted by atomic mass is 10.0. The Hall–Kier alpha value is -4.02. The highest BCUT2D eigenvalue weighted by Crippen LogP contribution is 2.27. The first-order chi connectivity index (χ1) is 15.9. The van der Waals surface area contributed by atoms with Crippen molar-refractivity contribution in [2.24, 2.45) is 5.73 Å². The molecule has 1 fully saturated rings. The molecule has 3 aromatic rings. The number of likely N-dealkylation sites (tertiary alicyclic amines) is 1. The van der Waals surface area contributed by atoms with Crippen molar-refractivity contribution in [1.82, 2.24) is 20.1 Å². The van der Waals surface area contributed by atoms with Crippen LogP contribution in [0.5, 0.6) is 11.5 Å². The molecule has 3 heterocycles. The van der Waals surface area contributed by atoms with Gasteiger partial charge in [0.05, 0.1) is 36.6 Å². The van der Waals surface area contributed by atoms with Crippen molar-refractivity contribution in [2.75, 3.05) is 13.1 Å². The van der Waals surface area contributed by atoms with Crippen LogP contribution in [0.2, 0.25) is 0 Å². The first kappa shape index (κ1) is 22.2. The molecule has 11 heteroatoms. The minimum atomic E-state index is -1.47. The van der Waals surface area contributed by atoms with Gasteiger partial charge in [-0.3, -0.25) is 24.6 Å². The molecule has 1 aliphatic heterocycles. The van der Waals surface area contributed by atoms with E-state index in [0.29, 0.717) is 16.8 Å². The van der Waals surface area contributed by atoms with Gasteiger partial charge in [-0.05, 0) is 23.8 Å². The van der Waals surface area contributed by atoms with E-state index in [1.807, 2.05) is 0 Å². The molecule has 0 saturated carbocycles. The van der Waals surface area contributed by atoms with Crippen LogP contribution in [0.15, 0.2) is 48.9 Å². The third-order valence-corrected chi connectivity index (χ3v) is 5.41. The number of amides is 2. The van der Waals surface area contributed by atoms with E-state index in [4.69, 9.17) is 10.5 Å². The van der Waals surface area contributed by atoms with E-state index in [2.05, 4.69) is 20.1 Å². The fraction of sp³-hybridized carbons (Fsp3) is 0.273. The number of rotatable bonds is 7. The van der Waals surface area contributed by atoms with Gasteiger partial charge in [0.15, 0.2) is 17.7 Å². The summed E-state index contributed by atoms with van der Waals surface area (Å²) in [5, 5.41) is 6.50. The topological polar surface area (TPSA) is 123 Å². The zero-order valence-electron chi connectivity index (χ0n) is 17.4. The van der Waals surface area contributed by atoms with Crippen LogP contribution in [0.25, 0.3) is 11.3 Å². The summed E-state index contributed by atoms with van der Waals surface area (Å²) in [6, 6.07) is 7.42. The van der Waals surface area contributed by atoms with E-state index in [-0.39, 0.29) is 48.9 Å². The van der Waals surface area contributed by atoms with Gasteiger partial charge in [-0.15, -0.1) is 0 Å². The van der Waals surface area contributed by atoms with Crippen LogP contribution in [0, 0.1) is 0 Å². The van der Waals surface area contributed by atoms with Gasteiger partial charge in [0.25, 0.3) is 5.91 Å². The van der Waals surface area contributed by atoms with E-state index in [0.717, 1.165) is 0 Å². The largest absolute Gasteiger partial charge is 0.485 e. The number of halogens is 2. The number of carbonyl (C=O) groups excluding carboxylic acids is 2. The Morgan fingerprint density at radius 1 is 1.24 bits per heavy atom. The number of alkyl halides is 1. The zero-order valence-corrected chi connectivity index (χ0v) is 17.4. The summed E-state index contributed by atoms with van der Waals surface area (Å²) in [7, 11) is 0. The van der Waals surface area contributed by atoms with Crippen molar-refractivity contribution in [3.63, 3.8) is 0 Å². The molecule has 0 spiro atoms. The molecule has 2 atom stereocenters. The fourth-order valence-electron chi connectivity index (χ4n) is 3.63.